The van der Waals surface area contributed by atoms with Crippen LogP contribution in [0, 0.1) is 0 Å². The van der Waals surface area contributed by atoms with E-state index in [0.717, 1.165) is 38.8 Å². The van der Waals surface area contributed by atoms with Gasteiger partial charge in [0.15, 0.2) is 0 Å². The van der Waals surface area contributed by atoms with E-state index >= 15 is 0 Å². The zero-order chi connectivity index (χ0) is 23.0. The Bertz CT molecular complexity index is 1210. The zero-order valence-corrected chi connectivity index (χ0v) is 18.6. The number of carbonyl (C=O) groups excluding carboxylic acids is 1. The van der Waals surface area contributed by atoms with Crippen LogP contribution in [-0.2, 0) is 9.53 Å². The summed E-state index contributed by atoms with van der Waals surface area (Å²) in [5.41, 5.74) is 0.364. The maximum Gasteiger partial charge on any atom is 0.333 e. The van der Waals surface area contributed by atoms with E-state index < -0.39 is 5.97 Å². The minimum absolute atomic E-state index is 0.142. The first-order valence-corrected chi connectivity index (χ1v) is 10.8. The molecule has 0 spiro atoms. The lowest BCUT2D eigenvalue weighted by Gasteiger charge is -2.18. The van der Waals surface area contributed by atoms with Crippen molar-refractivity contribution in [1.82, 2.24) is 0 Å². The van der Waals surface area contributed by atoms with E-state index in [4.69, 9.17) is 18.9 Å². The lowest BCUT2D eigenvalue weighted by Crippen LogP contribution is -2.13. The highest BCUT2D eigenvalue weighted by Gasteiger charge is 2.16. The molecule has 0 heterocycles. The lowest BCUT2D eigenvalue weighted by atomic mass is 10.0. The smallest absolute Gasteiger partial charge is 0.333 e. The molecule has 5 nitrogen and oxygen atoms in total. The van der Waals surface area contributed by atoms with E-state index in [-0.39, 0.29) is 13.2 Å². The molecule has 4 aromatic rings. The topological polar surface area (TPSA) is 54.0 Å². The van der Waals surface area contributed by atoms with Crippen LogP contribution in [0.15, 0.2) is 91.0 Å². The predicted octanol–water partition coefficient (Wildman–Crippen LogP) is 5.95. The highest BCUT2D eigenvalue weighted by Crippen LogP contribution is 2.42. The van der Waals surface area contributed by atoms with Crippen LogP contribution in [0.1, 0.15) is 6.92 Å². The summed E-state index contributed by atoms with van der Waals surface area (Å²) < 4.78 is 23.3. The zero-order valence-electron chi connectivity index (χ0n) is 18.6. The first-order valence-electron chi connectivity index (χ1n) is 10.8. The van der Waals surface area contributed by atoms with Crippen molar-refractivity contribution in [3.05, 3.63) is 91.0 Å². The third-order valence-electron chi connectivity index (χ3n) is 5.09. The van der Waals surface area contributed by atoms with Crippen molar-refractivity contribution in [3.8, 4) is 17.2 Å². The Morgan fingerprint density at radius 1 is 0.636 bits per heavy atom. The Balaban J connectivity index is 1.57. The van der Waals surface area contributed by atoms with Gasteiger partial charge in [0.2, 0.25) is 0 Å². The standard InChI is InChI=1S/C28H26O5/c1-20(2)28(29)33-19-18-32-27-24-14-8-6-12-22(24)26(23-13-7-9-15-25(23)27)31-17-16-30-21-10-4-3-5-11-21/h3-15H,1,16-19H2,2H3. The van der Waals surface area contributed by atoms with Gasteiger partial charge in [0.1, 0.15) is 43.7 Å². The number of benzene rings is 4. The van der Waals surface area contributed by atoms with Crippen LogP contribution in [-0.4, -0.2) is 32.4 Å². The minimum Gasteiger partial charge on any atom is -0.490 e. The molecule has 0 aliphatic carbocycles. The molecule has 33 heavy (non-hydrogen) atoms. The molecule has 4 aromatic carbocycles. The van der Waals surface area contributed by atoms with Crippen molar-refractivity contribution in [2.45, 2.75) is 6.92 Å². The quantitative estimate of drug-likeness (QED) is 0.131. The maximum atomic E-state index is 11.6. The van der Waals surface area contributed by atoms with Crippen molar-refractivity contribution in [3.63, 3.8) is 0 Å². The normalized spacial score (nSPS) is 10.7. The van der Waals surface area contributed by atoms with Crippen LogP contribution in [0.2, 0.25) is 0 Å². The van der Waals surface area contributed by atoms with Crippen molar-refractivity contribution in [2.75, 3.05) is 26.4 Å². The van der Waals surface area contributed by atoms with Gasteiger partial charge in [-0.15, -0.1) is 0 Å². The van der Waals surface area contributed by atoms with Gasteiger partial charge in [0.05, 0.1) is 0 Å². The molecule has 0 radical (unpaired) electrons. The lowest BCUT2D eigenvalue weighted by molar-refractivity contribution is -0.139. The third kappa shape index (κ3) is 5.26. The van der Waals surface area contributed by atoms with Crippen molar-refractivity contribution >= 4 is 27.5 Å². The first kappa shape index (κ1) is 22.2. The molecule has 168 valence electrons. The summed E-state index contributed by atoms with van der Waals surface area (Å²) in [6.45, 7) is 6.42. The average Bonchev–Trinajstić information content (AvgIpc) is 2.85. The number of ether oxygens (including phenoxy) is 4. The fourth-order valence-corrected chi connectivity index (χ4v) is 3.58. The molecule has 0 aliphatic rings. The first-order chi connectivity index (χ1) is 16.1. The van der Waals surface area contributed by atoms with Crippen LogP contribution >= 0.6 is 0 Å². The van der Waals surface area contributed by atoms with E-state index in [1.54, 1.807) is 6.92 Å². The predicted molar refractivity (Wildman–Crippen MR) is 130 cm³/mol. The van der Waals surface area contributed by atoms with Crippen LogP contribution in [0.4, 0.5) is 0 Å². The summed E-state index contributed by atoms with van der Waals surface area (Å²) >= 11 is 0. The van der Waals surface area contributed by atoms with Crippen LogP contribution in [0.5, 0.6) is 17.2 Å². The molecule has 0 fully saturated rings. The minimum atomic E-state index is -0.421. The number of rotatable bonds is 10. The van der Waals surface area contributed by atoms with Gasteiger partial charge in [-0.1, -0.05) is 73.3 Å². The Kier molecular flexibility index (Phi) is 7.10. The third-order valence-corrected chi connectivity index (χ3v) is 5.09. The summed E-state index contributed by atoms with van der Waals surface area (Å²) in [5, 5.41) is 3.76. The van der Waals surface area contributed by atoms with E-state index in [2.05, 4.69) is 6.58 Å². The highest BCUT2D eigenvalue weighted by molar-refractivity contribution is 6.11. The fourth-order valence-electron chi connectivity index (χ4n) is 3.58. The Hall–Kier alpha value is -3.99. The number of hydrogen-bond acceptors (Lipinski definition) is 5. The van der Waals surface area contributed by atoms with Gasteiger partial charge in [0.25, 0.3) is 0 Å². The van der Waals surface area contributed by atoms with Gasteiger partial charge in [-0.25, -0.2) is 4.79 Å². The average molecular weight is 443 g/mol. The number of fused-ring (bicyclic) bond motifs is 2. The van der Waals surface area contributed by atoms with Gasteiger partial charge in [0, 0.05) is 27.1 Å². The summed E-state index contributed by atoms with van der Waals surface area (Å²) in [5.74, 6) is 1.92. The molecule has 0 amide bonds. The molecule has 0 aliphatic heterocycles. The molecular formula is C28H26O5. The highest BCUT2D eigenvalue weighted by atomic mass is 16.6. The van der Waals surface area contributed by atoms with Crippen molar-refractivity contribution in [2.24, 2.45) is 0 Å². The molecule has 0 saturated heterocycles. The van der Waals surface area contributed by atoms with E-state index in [0.29, 0.717) is 18.8 Å². The molecule has 4 rings (SSSR count). The number of carbonyl (C=O) groups is 1. The summed E-state index contributed by atoms with van der Waals surface area (Å²) in [6.07, 6.45) is 0. The molecule has 0 aromatic heterocycles. The summed E-state index contributed by atoms with van der Waals surface area (Å²) in [7, 11) is 0. The monoisotopic (exact) mass is 442 g/mol. The SMILES string of the molecule is C=C(C)C(=O)OCCOc1c2ccccc2c(OCCOc2ccccc2)c2ccccc12. The summed E-state index contributed by atoms with van der Waals surface area (Å²) in [6, 6.07) is 25.6. The molecule has 0 unspecified atom stereocenters. The van der Waals surface area contributed by atoms with Crippen molar-refractivity contribution < 1.29 is 23.7 Å². The van der Waals surface area contributed by atoms with Crippen LogP contribution < -0.4 is 14.2 Å². The molecule has 0 bridgehead atoms. The molecule has 0 saturated carbocycles. The Labute approximate surface area is 193 Å². The second-order valence-corrected chi connectivity index (χ2v) is 7.52. The van der Waals surface area contributed by atoms with Gasteiger partial charge in [-0.2, -0.15) is 0 Å². The largest absolute Gasteiger partial charge is 0.490 e. The van der Waals surface area contributed by atoms with E-state index in [9.17, 15) is 4.79 Å². The van der Waals surface area contributed by atoms with Crippen LogP contribution in [0.3, 0.4) is 0 Å². The second-order valence-electron chi connectivity index (χ2n) is 7.52. The van der Waals surface area contributed by atoms with Gasteiger partial charge < -0.3 is 18.9 Å². The summed E-state index contributed by atoms with van der Waals surface area (Å²) in [4.78, 5) is 11.6. The number of hydrogen-bond donors (Lipinski definition) is 0. The van der Waals surface area contributed by atoms with Gasteiger partial charge >= 0.3 is 5.97 Å². The molecule has 0 N–H and O–H groups in total. The van der Waals surface area contributed by atoms with E-state index in [1.807, 2.05) is 78.9 Å². The molecule has 5 heteroatoms. The van der Waals surface area contributed by atoms with Crippen molar-refractivity contribution in [1.29, 1.82) is 0 Å². The maximum absolute atomic E-state index is 11.6. The van der Waals surface area contributed by atoms with E-state index in [1.165, 1.54) is 0 Å². The molecule has 0 atom stereocenters. The van der Waals surface area contributed by atoms with Gasteiger partial charge in [-0.05, 0) is 19.1 Å². The number of para-hydroxylation sites is 1. The Morgan fingerprint density at radius 3 is 1.55 bits per heavy atom. The number of esters is 1. The van der Waals surface area contributed by atoms with Gasteiger partial charge in [-0.3, -0.25) is 0 Å². The fraction of sp³-hybridized carbons (Fsp3) is 0.179. The van der Waals surface area contributed by atoms with Crippen LogP contribution in [0.25, 0.3) is 21.5 Å². The second kappa shape index (κ2) is 10.6. The Morgan fingerprint density at radius 2 is 1.06 bits per heavy atom. The molecular weight excluding hydrogens is 416 g/mol.